The standard InChI is InChI=1S/C11H19NS/c1-5-7-9-10(6-2)13-11(12-9)8(3)4/h8H,5-7H2,1-4H3. The molecule has 1 rings (SSSR count). The quantitative estimate of drug-likeness (QED) is 0.716. The highest BCUT2D eigenvalue weighted by atomic mass is 32.1. The van der Waals surface area contributed by atoms with Crippen molar-refractivity contribution in [1.29, 1.82) is 0 Å². The van der Waals surface area contributed by atoms with E-state index in [1.165, 1.54) is 22.0 Å². The molecule has 1 aromatic heterocycles. The van der Waals surface area contributed by atoms with Crippen molar-refractivity contribution in [2.24, 2.45) is 0 Å². The second kappa shape index (κ2) is 4.75. The van der Waals surface area contributed by atoms with Crippen molar-refractivity contribution in [3.8, 4) is 0 Å². The maximum absolute atomic E-state index is 4.69. The lowest BCUT2D eigenvalue weighted by molar-refractivity contribution is 0.817. The van der Waals surface area contributed by atoms with Crippen LogP contribution in [0.1, 0.15) is 55.6 Å². The van der Waals surface area contributed by atoms with Crippen molar-refractivity contribution >= 4 is 11.3 Å². The van der Waals surface area contributed by atoms with E-state index in [0.717, 1.165) is 12.8 Å². The molecule has 1 aromatic rings. The van der Waals surface area contributed by atoms with Gasteiger partial charge in [0.2, 0.25) is 0 Å². The molecule has 13 heavy (non-hydrogen) atoms. The normalized spacial score (nSPS) is 11.2. The molecule has 0 aromatic carbocycles. The van der Waals surface area contributed by atoms with Crippen LogP contribution >= 0.6 is 11.3 Å². The van der Waals surface area contributed by atoms with Crippen LogP contribution in [0.5, 0.6) is 0 Å². The Hall–Kier alpha value is -0.370. The molecule has 74 valence electrons. The predicted octanol–water partition coefficient (Wildman–Crippen LogP) is 3.78. The fourth-order valence-corrected chi connectivity index (χ4v) is 2.41. The molecule has 0 bridgehead atoms. The maximum atomic E-state index is 4.69. The van der Waals surface area contributed by atoms with Crippen molar-refractivity contribution in [2.45, 2.75) is 52.9 Å². The van der Waals surface area contributed by atoms with Crippen molar-refractivity contribution in [3.63, 3.8) is 0 Å². The average Bonchev–Trinajstić information content (AvgIpc) is 2.48. The number of hydrogen-bond acceptors (Lipinski definition) is 2. The molecule has 0 atom stereocenters. The Morgan fingerprint density at radius 3 is 2.46 bits per heavy atom. The van der Waals surface area contributed by atoms with Gasteiger partial charge in [0.25, 0.3) is 0 Å². The van der Waals surface area contributed by atoms with Crippen LogP contribution in [0, 0.1) is 0 Å². The lowest BCUT2D eigenvalue weighted by Crippen LogP contribution is -1.90. The molecule has 0 aliphatic rings. The minimum atomic E-state index is 0.584. The van der Waals surface area contributed by atoms with Crippen LogP contribution in [0.4, 0.5) is 0 Å². The van der Waals surface area contributed by atoms with Gasteiger partial charge in [-0.1, -0.05) is 34.1 Å². The molecule has 0 amide bonds. The number of rotatable bonds is 4. The Bertz CT molecular complexity index is 263. The molecule has 0 saturated heterocycles. The van der Waals surface area contributed by atoms with Gasteiger partial charge >= 0.3 is 0 Å². The Balaban J connectivity index is 2.90. The molecule has 0 aliphatic carbocycles. The summed E-state index contributed by atoms with van der Waals surface area (Å²) in [6.45, 7) is 8.87. The molecule has 0 aliphatic heterocycles. The van der Waals surface area contributed by atoms with Crippen LogP contribution < -0.4 is 0 Å². The first kappa shape index (κ1) is 10.7. The fourth-order valence-electron chi connectivity index (χ4n) is 1.36. The van der Waals surface area contributed by atoms with E-state index < -0.39 is 0 Å². The molecule has 0 unspecified atom stereocenters. The van der Waals surface area contributed by atoms with E-state index in [-0.39, 0.29) is 0 Å². The molecule has 1 heterocycles. The highest BCUT2D eigenvalue weighted by Crippen LogP contribution is 2.25. The zero-order valence-corrected chi connectivity index (χ0v) is 9.87. The number of nitrogens with zero attached hydrogens (tertiary/aromatic N) is 1. The molecular formula is C11H19NS. The van der Waals surface area contributed by atoms with Gasteiger partial charge in [-0.3, -0.25) is 0 Å². The van der Waals surface area contributed by atoms with E-state index in [4.69, 9.17) is 0 Å². The SMILES string of the molecule is CCCc1nc(C(C)C)sc1CC. The third-order valence-electron chi connectivity index (χ3n) is 2.10. The summed E-state index contributed by atoms with van der Waals surface area (Å²) in [5.74, 6) is 0.584. The van der Waals surface area contributed by atoms with Crippen LogP contribution in [0.15, 0.2) is 0 Å². The van der Waals surface area contributed by atoms with Crippen LogP contribution in [0.3, 0.4) is 0 Å². The van der Waals surface area contributed by atoms with Gasteiger partial charge in [-0.2, -0.15) is 0 Å². The number of hydrogen-bond donors (Lipinski definition) is 0. The van der Waals surface area contributed by atoms with Gasteiger partial charge < -0.3 is 0 Å². The van der Waals surface area contributed by atoms with E-state index in [1.807, 2.05) is 11.3 Å². The molecular weight excluding hydrogens is 178 g/mol. The van der Waals surface area contributed by atoms with Crippen LogP contribution in [-0.4, -0.2) is 4.98 Å². The summed E-state index contributed by atoms with van der Waals surface area (Å²) < 4.78 is 0. The predicted molar refractivity (Wildman–Crippen MR) is 59.6 cm³/mol. The van der Waals surface area contributed by atoms with Crippen molar-refractivity contribution in [1.82, 2.24) is 4.98 Å². The van der Waals surface area contributed by atoms with Gasteiger partial charge in [0.05, 0.1) is 10.7 Å². The van der Waals surface area contributed by atoms with Crippen molar-refractivity contribution in [2.75, 3.05) is 0 Å². The van der Waals surface area contributed by atoms with E-state index in [1.54, 1.807) is 0 Å². The van der Waals surface area contributed by atoms with E-state index in [2.05, 4.69) is 32.7 Å². The van der Waals surface area contributed by atoms with Crippen LogP contribution in [-0.2, 0) is 12.8 Å². The number of aryl methyl sites for hydroxylation is 2. The second-order valence-electron chi connectivity index (χ2n) is 3.68. The molecule has 0 radical (unpaired) electrons. The highest BCUT2D eigenvalue weighted by molar-refractivity contribution is 7.11. The van der Waals surface area contributed by atoms with Crippen molar-refractivity contribution < 1.29 is 0 Å². The van der Waals surface area contributed by atoms with Gasteiger partial charge in [0.1, 0.15) is 0 Å². The minimum Gasteiger partial charge on any atom is -0.246 e. The molecule has 1 nitrogen and oxygen atoms in total. The molecule has 0 fully saturated rings. The summed E-state index contributed by atoms with van der Waals surface area (Å²) in [6, 6.07) is 0. The van der Waals surface area contributed by atoms with Gasteiger partial charge in [0.15, 0.2) is 0 Å². The van der Waals surface area contributed by atoms with Gasteiger partial charge in [-0.15, -0.1) is 11.3 Å². The fraction of sp³-hybridized carbons (Fsp3) is 0.727. The maximum Gasteiger partial charge on any atom is 0.0956 e. The monoisotopic (exact) mass is 197 g/mol. The number of thiazole rings is 1. The largest absolute Gasteiger partial charge is 0.246 e. The van der Waals surface area contributed by atoms with Gasteiger partial charge in [0, 0.05) is 10.8 Å². The first-order valence-corrected chi connectivity index (χ1v) is 5.99. The molecule has 2 heteroatoms. The molecule has 0 N–H and O–H groups in total. The highest BCUT2D eigenvalue weighted by Gasteiger charge is 2.10. The Morgan fingerprint density at radius 1 is 1.31 bits per heavy atom. The summed E-state index contributed by atoms with van der Waals surface area (Å²) in [6.07, 6.45) is 3.49. The summed E-state index contributed by atoms with van der Waals surface area (Å²) in [5, 5.41) is 1.31. The number of aromatic nitrogens is 1. The zero-order chi connectivity index (χ0) is 9.84. The Kier molecular flexibility index (Phi) is 3.91. The van der Waals surface area contributed by atoms with Crippen LogP contribution in [0.2, 0.25) is 0 Å². The zero-order valence-electron chi connectivity index (χ0n) is 9.05. The van der Waals surface area contributed by atoms with E-state index in [9.17, 15) is 0 Å². The topological polar surface area (TPSA) is 12.9 Å². The summed E-state index contributed by atoms with van der Waals surface area (Å²) in [7, 11) is 0. The van der Waals surface area contributed by atoms with Gasteiger partial charge in [-0.05, 0) is 12.8 Å². The molecule has 0 spiro atoms. The van der Waals surface area contributed by atoms with Crippen LogP contribution in [0.25, 0.3) is 0 Å². The first-order chi connectivity index (χ1) is 6.19. The lowest BCUT2D eigenvalue weighted by Gasteiger charge is -1.96. The lowest BCUT2D eigenvalue weighted by atomic mass is 10.2. The third kappa shape index (κ3) is 2.53. The summed E-state index contributed by atoms with van der Waals surface area (Å²) in [5.41, 5.74) is 1.35. The summed E-state index contributed by atoms with van der Waals surface area (Å²) in [4.78, 5) is 6.18. The van der Waals surface area contributed by atoms with E-state index >= 15 is 0 Å². The van der Waals surface area contributed by atoms with Gasteiger partial charge in [-0.25, -0.2) is 4.98 Å². The van der Waals surface area contributed by atoms with E-state index in [0.29, 0.717) is 5.92 Å². The first-order valence-electron chi connectivity index (χ1n) is 5.17. The second-order valence-corrected chi connectivity index (χ2v) is 4.80. The van der Waals surface area contributed by atoms with Crippen molar-refractivity contribution in [3.05, 3.63) is 15.6 Å². The third-order valence-corrected chi connectivity index (χ3v) is 3.64. The molecule has 0 saturated carbocycles. The smallest absolute Gasteiger partial charge is 0.0956 e. The summed E-state index contributed by atoms with van der Waals surface area (Å²) >= 11 is 1.90. The Labute approximate surface area is 85.2 Å². The minimum absolute atomic E-state index is 0.584. The average molecular weight is 197 g/mol. The Morgan fingerprint density at radius 2 is 2.00 bits per heavy atom.